The standard InChI is InChI=1S/C18H24N2O5/c1-2-24-18(23)14-8-10-20(11-9-14)17(22)12-19-16(21)13-25-15-6-4-3-5-7-15/h3-7,14H,2,8-13H2,1H3,(H,19,21). The first kappa shape index (κ1) is 18.8. The van der Waals surface area contributed by atoms with E-state index in [2.05, 4.69) is 5.32 Å². The molecular weight excluding hydrogens is 324 g/mol. The van der Waals surface area contributed by atoms with Crippen molar-refractivity contribution in [2.75, 3.05) is 32.8 Å². The van der Waals surface area contributed by atoms with Gasteiger partial charge in [-0.15, -0.1) is 0 Å². The van der Waals surface area contributed by atoms with Crippen molar-refractivity contribution in [2.45, 2.75) is 19.8 Å². The molecule has 0 saturated carbocycles. The Balaban J connectivity index is 1.65. The number of carbonyl (C=O) groups is 3. The minimum atomic E-state index is -0.349. The smallest absolute Gasteiger partial charge is 0.309 e. The van der Waals surface area contributed by atoms with Crippen LogP contribution in [0.1, 0.15) is 19.8 Å². The van der Waals surface area contributed by atoms with Crippen molar-refractivity contribution >= 4 is 17.8 Å². The highest BCUT2D eigenvalue weighted by molar-refractivity contribution is 5.85. The van der Waals surface area contributed by atoms with Gasteiger partial charge >= 0.3 is 5.97 Å². The number of para-hydroxylation sites is 1. The van der Waals surface area contributed by atoms with Gasteiger partial charge in [0.2, 0.25) is 5.91 Å². The number of esters is 1. The molecule has 1 aliphatic heterocycles. The molecule has 0 radical (unpaired) electrons. The SMILES string of the molecule is CCOC(=O)C1CCN(C(=O)CNC(=O)COc2ccccc2)CC1. The third kappa shape index (κ3) is 6.10. The summed E-state index contributed by atoms with van der Waals surface area (Å²) in [5.74, 6) is -0.238. The van der Waals surface area contributed by atoms with Gasteiger partial charge < -0.3 is 19.7 Å². The number of nitrogens with zero attached hydrogens (tertiary/aromatic N) is 1. The largest absolute Gasteiger partial charge is 0.484 e. The van der Waals surface area contributed by atoms with Crippen LogP contribution in [0.5, 0.6) is 5.75 Å². The van der Waals surface area contributed by atoms with Gasteiger partial charge in [0.25, 0.3) is 5.91 Å². The predicted octanol–water partition coefficient (Wildman–Crippen LogP) is 0.983. The minimum absolute atomic E-state index is 0.0684. The maximum atomic E-state index is 12.1. The molecular formula is C18H24N2O5. The number of ether oxygens (including phenoxy) is 2. The fourth-order valence-electron chi connectivity index (χ4n) is 2.63. The van der Waals surface area contributed by atoms with E-state index in [1.165, 1.54) is 0 Å². The first-order valence-electron chi connectivity index (χ1n) is 8.49. The molecule has 1 heterocycles. The van der Waals surface area contributed by atoms with Crippen LogP contribution in [0.25, 0.3) is 0 Å². The van der Waals surface area contributed by atoms with Gasteiger partial charge in [0, 0.05) is 13.1 Å². The Morgan fingerprint density at radius 1 is 1.16 bits per heavy atom. The molecule has 1 fully saturated rings. The van der Waals surface area contributed by atoms with Crippen LogP contribution in [0.4, 0.5) is 0 Å². The van der Waals surface area contributed by atoms with Gasteiger partial charge in [0.05, 0.1) is 19.1 Å². The van der Waals surface area contributed by atoms with Crippen LogP contribution in [0.15, 0.2) is 30.3 Å². The van der Waals surface area contributed by atoms with E-state index in [1.54, 1.807) is 24.0 Å². The van der Waals surface area contributed by atoms with Crippen molar-refractivity contribution in [2.24, 2.45) is 5.92 Å². The number of hydrogen-bond acceptors (Lipinski definition) is 5. The van der Waals surface area contributed by atoms with E-state index in [0.717, 1.165) is 0 Å². The van der Waals surface area contributed by atoms with E-state index in [1.807, 2.05) is 18.2 Å². The van der Waals surface area contributed by atoms with Gasteiger partial charge in [-0.05, 0) is 31.9 Å². The average molecular weight is 348 g/mol. The molecule has 1 saturated heterocycles. The van der Waals surface area contributed by atoms with Crippen molar-refractivity contribution in [3.8, 4) is 5.75 Å². The molecule has 0 aliphatic carbocycles. The van der Waals surface area contributed by atoms with Gasteiger partial charge in [-0.25, -0.2) is 0 Å². The molecule has 0 spiro atoms. The summed E-state index contributed by atoms with van der Waals surface area (Å²) in [5.41, 5.74) is 0. The zero-order chi connectivity index (χ0) is 18.1. The Bertz CT molecular complexity index is 582. The van der Waals surface area contributed by atoms with Crippen molar-refractivity contribution < 1.29 is 23.9 Å². The van der Waals surface area contributed by atoms with Crippen molar-refractivity contribution in [1.29, 1.82) is 0 Å². The van der Waals surface area contributed by atoms with Crippen molar-refractivity contribution in [3.05, 3.63) is 30.3 Å². The maximum Gasteiger partial charge on any atom is 0.309 e. The van der Waals surface area contributed by atoms with Crippen LogP contribution < -0.4 is 10.1 Å². The van der Waals surface area contributed by atoms with E-state index in [9.17, 15) is 14.4 Å². The van der Waals surface area contributed by atoms with Gasteiger partial charge in [0.15, 0.2) is 6.61 Å². The van der Waals surface area contributed by atoms with Crippen LogP contribution >= 0.6 is 0 Å². The van der Waals surface area contributed by atoms with Crippen molar-refractivity contribution in [1.82, 2.24) is 10.2 Å². The fraction of sp³-hybridized carbons (Fsp3) is 0.500. The summed E-state index contributed by atoms with van der Waals surface area (Å²) in [6.07, 6.45) is 1.19. The molecule has 0 unspecified atom stereocenters. The Hall–Kier alpha value is -2.57. The molecule has 0 atom stereocenters. The number of benzene rings is 1. The Kier molecular flexibility index (Phi) is 7.25. The summed E-state index contributed by atoms with van der Waals surface area (Å²) in [5, 5.41) is 2.56. The van der Waals surface area contributed by atoms with Gasteiger partial charge in [-0.1, -0.05) is 18.2 Å². The number of amides is 2. The van der Waals surface area contributed by atoms with Crippen LogP contribution in [-0.2, 0) is 19.1 Å². The zero-order valence-corrected chi connectivity index (χ0v) is 14.4. The number of likely N-dealkylation sites (tertiary alicyclic amines) is 1. The quantitative estimate of drug-likeness (QED) is 0.743. The van der Waals surface area contributed by atoms with E-state index in [0.29, 0.717) is 38.3 Å². The Morgan fingerprint density at radius 3 is 2.48 bits per heavy atom. The highest BCUT2D eigenvalue weighted by Crippen LogP contribution is 2.18. The van der Waals surface area contributed by atoms with E-state index in [-0.39, 0.29) is 36.9 Å². The highest BCUT2D eigenvalue weighted by atomic mass is 16.5. The third-order valence-corrected chi connectivity index (χ3v) is 4.02. The minimum Gasteiger partial charge on any atom is -0.484 e. The normalized spacial score (nSPS) is 14.7. The van der Waals surface area contributed by atoms with Crippen LogP contribution in [0.3, 0.4) is 0 Å². The molecule has 136 valence electrons. The lowest BCUT2D eigenvalue weighted by Gasteiger charge is -2.30. The van der Waals surface area contributed by atoms with Gasteiger partial charge in [-0.2, -0.15) is 0 Å². The molecule has 2 rings (SSSR count). The second kappa shape index (κ2) is 9.66. The first-order valence-corrected chi connectivity index (χ1v) is 8.49. The topological polar surface area (TPSA) is 84.9 Å². The van der Waals surface area contributed by atoms with Crippen LogP contribution in [-0.4, -0.2) is 55.5 Å². The summed E-state index contributed by atoms with van der Waals surface area (Å²) >= 11 is 0. The summed E-state index contributed by atoms with van der Waals surface area (Å²) in [6.45, 7) is 2.94. The first-order chi connectivity index (χ1) is 12.1. The third-order valence-electron chi connectivity index (χ3n) is 4.02. The molecule has 1 aromatic carbocycles. The highest BCUT2D eigenvalue weighted by Gasteiger charge is 2.28. The van der Waals surface area contributed by atoms with Gasteiger partial charge in [0.1, 0.15) is 5.75 Å². The van der Waals surface area contributed by atoms with Crippen molar-refractivity contribution in [3.63, 3.8) is 0 Å². The molecule has 1 aliphatic rings. The fourth-order valence-corrected chi connectivity index (χ4v) is 2.63. The Morgan fingerprint density at radius 2 is 1.84 bits per heavy atom. The van der Waals surface area contributed by atoms with E-state index < -0.39 is 0 Å². The molecule has 2 amide bonds. The maximum absolute atomic E-state index is 12.1. The average Bonchev–Trinajstić information content (AvgIpc) is 2.65. The monoisotopic (exact) mass is 348 g/mol. The second-order valence-electron chi connectivity index (χ2n) is 5.79. The van der Waals surface area contributed by atoms with E-state index >= 15 is 0 Å². The number of rotatable bonds is 7. The summed E-state index contributed by atoms with van der Waals surface area (Å²) in [4.78, 5) is 37.2. The summed E-state index contributed by atoms with van der Waals surface area (Å²) in [6, 6.07) is 9.00. The number of piperidine rings is 1. The van der Waals surface area contributed by atoms with Gasteiger partial charge in [-0.3, -0.25) is 14.4 Å². The molecule has 0 aromatic heterocycles. The lowest BCUT2D eigenvalue weighted by molar-refractivity contribution is -0.151. The molecule has 0 bridgehead atoms. The molecule has 7 nitrogen and oxygen atoms in total. The number of carbonyl (C=O) groups excluding carboxylic acids is 3. The molecule has 25 heavy (non-hydrogen) atoms. The van der Waals surface area contributed by atoms with E-state index in [4.69, 9.17) is 9.47 Å². The Labute approximate surface area is 147 Å². The molecule has 1 N–H and O–H groups in total. The molecule has 1 aromatic rings. The predicted molar refractivity (Wildman–Crippen MR) is 90.9 cm³/mol. The second-order valence-corrected chi connectivity index (χ2v) is 5.79. The van der Waals surface area contributed by atoms with Crippen LogP contribution in [0.2, 0.25) is 0 Å². The number of nitrogens with one attached hydrogen (secondary N) is 1. The lowest BCUT2D eigenvalue weighted by atomic mass is 9.97. The lowest BCUT2D eigenvalue weighted by Crippen LogP contribution is -2.45. The zero-order valence-electron chi connectivity index (χ0n) is 14.4. The van der Waals surface area contributed by atoms with Crippen LogP contribution in [0, 0.1) is 5.92 Å². The molecule has 7 heteroatoms. The summed E-state index contributed by atoms with van der Waals surface area (Å²) < 4.78 is 10.3. The number of hydrogen-bond donors (Lipinski definition) is 1. The summed E-state index contributed by atoms with van der Waals surface area (Å²) in [7, 11) is 0.